The van der Waals surface area contributed by atoms with Crippen LogP contribution in [0.1, 0.15) is 6.42 Å². The van der Waals surface area contributed by atoms with E-state index in [1.807, 2.05) is 0 Å². The highest BCUT2D eigenvalue weighted by molar-refractivity contribution is 4.79. The van der Waals surface area contributed by atoms with Crippen LogP contribution >= 0.6 is 0 Å². The molecule has 1 rings (SSSR count). The fourth-order valence-electron chi connectivity index (χ4n) is 0.869. The van der Waals surface area contributed by atoms with Gasteiger partial charge in [-0.25, -0.2) is 0 Å². The zero-order chi connectivity index (χ0) is 5.98. The van der Waals surface area contributed by atoms with Crippen molar-refractivity contribution in [1.29, 1.82) is 0 Å². The topological polar surface area (TPSA) is 58.3 Å². The number of hydrogen-bond donors (Lipinski definition) is 3. The Bertz CT molecular complexity index is 66.8. The first kappa shape index (κ1) is 6.01. The lowest BCUT2D eigenvalue weighted by molar-refractivity contribution is 0.116. The number of nitrogens with one attached hydrogen (secondary N) is 1. The van der Waals surface area contributed by atoms with Crippen LogP contribution in [0.3, 0.4) is 0 Å². The highest BCUT2D eigenvalue weighted by Crippen LogP contribution is 1.98. The quantitative estimate of drug-likeness (QED) is 0.367. The number of aliphatic hydroxyl groups excluding tert-OH is 1. The summed E-state index contributed by atoms with van der Waals surface area (Å²) in [5.74, 6) is 0. The Morgan fingerprint density at radius 1 is 1.62 bits per heavy atom. The van der Waals surface area contributed by atoms with E-state index in [9.17, 15) is 0 Å². The van der Waals surface area contributed by atoms with Crippen LogP contribution in [-0.2, 0) is 0 Å². The summed E-state index contributed by atoms with van der Waals surface area (Å²) >= 11 is 0. The molecule has 3 nitrogen and oxygen atoms in total. The molecule has 8 heavy (non-hydrogen) atoms. The lowest BCUT2D eigenvalue weighted by Gasteiger charge is -2.24. The van der Waals surface area contributed by atoms with Crippen molar-refractivity contribution < 1.29 is 5.11 Å². The van der Waals surface area contributed by atoms with Gasteiger partial charge < -0.3 is 16.2 Å². The summed E-state index contributed by atoms with van der Waals surface area (Å²) < 4.78 is 0. The van der Waals surface area contributed by atoms with Crippen LogP contribution in [0.15, 0.2) is 0 Å². The Balaban J connectivity index is 2.28. The summed E-state index contributed by atoms with van der Waals surface area (Å²) in [7, 11) is 0. The summed E-state index contributed by atoms with van der Waals surface area (Å²) in [5, 5.41) is 12.1. The van der Waals surface area contributed by atoms with Crippen molar-refractivity contribution in [3.63, 3.8) is 0 Å². The van der Waals surface area contributed by atoms with Crippen LogP contribution in [0.5, 0.6) is 0 Å². The molecule has 0 radical (unpaired) electrons. The summed E-state index contributed by atoms with van der Waals surface area (Å²) in [5.41, 5.74) is 5.47. The molecule has 0 aromatic rings. The average Bonchev–Trinajstić information content (AvgIpc) is 1.77. The Morgan fingerprint density at radius 2 is 2.38 bits per heavy atom. The highest BCUT2D eigenvalue weighted by atomic mass is 16.3. The van der Waals surface area contributed by atoms with Crippen LogP contribution in [-0.4, -0.2) is 30.3 Å². The van der Waals surface area contributed by atoms with Gasteiger partial charge in [0.25, 0.3) is 0 Å². The smallest absolute Gasteiger partial charge is 0.0715 e. The van der Waals surface area contributed by atoms with Crippen LogP contribution in [0.2, 0.25) is 0 Å². The minimum atomic E-state index is -0.281. The summed E-state index contributed by atoms with van der Waals surface area (Å²) in [4.78, 5) is 0. The van der Waals surface area contributed by atoms with Gasteiger partial charge in [0.2, 0.25) is 0 Å². The standard InChI is InChI=1S/C5H12N2O/c6-4-3-7-2-1-5(4)8/h4-5,7-8H,1-3,6H2/t4-,5-/m1/s1. The molecule has 0 amide bonds. The van der Waals surface area contributed by atoms with Crippen LogP contribution in [0.25, 0.3) is 0 Å². The second-order valence-corrected chi connectivity index (χ2v) is 2.22. The second kappa shape index (κ2) is 2.44. The molecule has 3 heteroatoms. The van der Waals surface area contributed by atoms with Crippen molar-refractivity contribution in [3.05, 3.63) is 0 Å². The first-order chi connectivity index (χ1) is 3.80. The maximum Gasteiger partial charge on any atom is 0.0715 e. The van der Waals surface area contributed by atoms with Crippen molar-refractivity contribution in [2.24, 2.45) is 5.73 Å². The molecule has 2 atom stereocenters. The maximum absolute atomic E-state index is 9.01. The van der Waals surface area contributed by atoms with Gasteiger partial charge in [0.15, 0.2) is 0 Å². The molecule has 0 spiro atoms. The van der Waals surface area contributed by atoms with Crippen molar-refractivity contribution in [2.75, 3.05) is 13.1 Å². The van der Waals surface area contributed by atoms with E-state index in [-0.39, 0.29) is 12.1 Å². The Labute approximate surface area is 48.9 Å². The fraction of sp³-hybridized carbons (Fsp3) is 1.00. The van der Waals surface area contributed by atoms with Gasteiger partial charge in [-0.2, -0.15) is 0 Å². The normalized spacial score (nSPS) is 39.8. The van der Waals surface area contributed by atoms with Gasteiger partial charge in [0.1, 0.15) is 0 Å². The van der Waals surface area contributed by atoms with Crippen molar-refractivity contribution in [2.45, 2.75) is 18.6 Å². The molecule has 0 aromatic heterocycles. The second-order valence-electron chi connectivity index (χ2n) is 2.22. The lowest BCUT2D eigenvalue weighted by atomic mass is 10.1. The molecule has 1 aliphatic heterocycles. The Kier molecular flexibility index (Phi) is 1.83. The van der Waals surface area contributed by atoms with E-state index in [0.29, 0.717) is 0 Å². The van der Waals surface area contributed by atoms with E-state index < -0.39 is 0 Å². The molecule has 1 saturated heterocycles. The van der Waals surface area contributed by atoms with E-state index in [1.54, 1.807) is 0 Å². The molecule has 0 unspecified atom stereocenters. The van der Waals surface area contributed by atoms with Gasteiger partial charge in [-0.05, 0) is 13.0 Å². The zero-order valence-electron chi connectivity index (χ0n) is 4.80. The average molecular weight is 116 g/mol. The minimum absolute atomic E-state index is 0.0521. The summed E-state index contributed by atoms with van der Waals surface area (Å²) in [6.45, 7) is 1.65. The molecule has 0 aromatic carbocycles. The van der Waals surface area contributed by atoms with Gasteiger partial charge >= 0.3 is 0 Å². The molecule has 0 aliphatic carbocycles. The number of nitrogens with two attached hydrogens (primary N) is 1. The highest BCUT2D eigenvalue weighted by Gasteiger charge is 2.17. The predicted molar refractivity (Wildman–Crippen MR) is 31.5 cm³/mol. The van der Waals surface area contributed by atoms with E-state index in [4.69, 9.17) is 10.8 Å². The molecule has 48 valence electrons. The van der Waals surface area contributed by atoms with Gasteiger partial charge in [-0.15, -0.1) is 0 Å². The van der Waals surface area contributed by atoms with Gasteiger partial charge in [0.05, 0.1) is 6.10 Å². The first-order valence-electron chi connectivity index (χ1n) is 2.95. The third-order valence-electron chi connectivity index (χ3n) is 1.49. The van der Waals surface area contributed by atoms with Crippen LogP contribution in [0.4, 0.5) is 0 Å². The van der Waals surface area contributed by atoms with Crippen molar-refractivity contribution in [1.82, 2.24) is 5.32 Å². The van der Waals surface area contributed by atoms with Crippen LogP contribution < -0.4 is 11.1 Å². The van der Waals surface area contributed by atoms with Crippen molar-refractivity contribution >= 4 is 0 Å². The third-order valence-corrected chi connectivity index (χ3v) is 1.49. The van der Waals surface area contributed by atoms with E-state index >= 15 is 0 Å². The molecule has 1 aliphatic rings. The molecule has 0 bridgehead atoms. The summed E-state index contributed by atoms with van der Waals surface area (Å²) in [6, 6.07) is -0.0521. The number of piperidine rings is 1. The monoisotopic (exact) mass is 116 g/mol. The number of aliphatic hydroxyl groups is 1. The Hall–Kier alpha value is -0.120. The SMILES string of the molecule is N[C@@H]1CNCC[C@H]1O. The van der Waals surface area contributed by atoms with E-state index in [2.05, 4.69) is 5.32 Å². The van der Waals surface area contributed by atoms with Gasteiger partial charge in [-0.1, -0.05) is 0 Å². The van der Waals surface area contributed by atoms with Gasteiger partial charge in [-0.3, -0.25) is 0 Å². The predicted octanol–water partition coefficient (Wildman–Crippen LogP) is -1.33. The molecule has 1 fully saturated rings. The lowest BCUT2D eigenvalue weighted by Crippen LogP contribution is -2.49. The largest absolute Gasteiger partial charge is 0.391 e. The van der Waals surface area contributed by atoms with Gasteiger partial charge in [0, 0.05) is 12.6 Å². The molecule has 0 saturated carbocycles. The zero-order valence-corrected chi connectivity index (χ0v) is 4.80. The fourth-order valence-corrected chi connectivity index (χ4v) is 0.869. The number of rotatable bonds is 0. The molecular weight excluding hydrogens is 104 g/mol. The molecular formula is C5H12N2O. The molecule has 1 heterocycles. The van der Waals surface area contributed by atoms with Crippen molar-refractivity contribution in [3.8, 4) is 0 Å². The third kappa shape index (κ3) is 1.18. The minimum Gasteiger partial charge on any atom is -0.391 e. The van der Waals surface area contributed by atoms with Crippen LogP contribution in [0, 0.1) is 0 Å². The number of hydrogen-bond acceptors (Lipinski definition) is 3. The van der Waals surface area contributed by atoms with E-state index in [0.717, 1.165) is 19.5 Å². The Morgan fingerprint density at radius 3 is 2.75 bits per heavy atom. The summed E-state index contributed by atoms with van der Waals surface area (Å²) in [6.07, 6.45) is 0.512. The molecule has 4 N–H and O–H groups in total. The maximum atomic E-state index is 9.01. The van der Waals surface area contributed by atoms with E-state index in [1.165, 1.54) is 0 Å². The first-order valence-corrected chi connectivity index (χ1v) is 2.95.